The number of anilines is 1. The molecule has 0 saturated carbocycles. The van der Waals surface area contributed by atoms with E-state index in [2.05, 4.69) is 15.3 Å². The average Bonchev–Trinajstić information content (AvgIpc) is 3.07. The van der Waals surface area contributed by atoms with Crippen LogP contribution in [0, 0.1) is 13.8 Å². The minimum Gasteiger partial charge on any atom is -0.462 e. The number of nitrogens with zero attached hydrogens (tertiary/aromatic N) is 3. The van der Waals surface area contributed by atoms with Crippen LogP contribution in [0.2, 0.25) is 5.02 Å². The summed E-state index contributed by atoms with van der Waals surface area (Å²) >= 11 is 7.02. The Kier molecular flexibility index (Phi) is 8.25. The van der Waals surface area contributed by atoms with Crippen LogP contribution < -0.4 is 5.32 Å². The molecule has 10 heteroatoms. The first-order valence-corrected chi connectivity index (χ1v) is 12.8. The van der Waals surface area contributed by atoms with Crippen molar-refractivity contribution in [2.24, 2.45) is 0 Å². The van der Waals surface area contributed by atoms with Gasteiger partial charge in [-0.3, -0.25) is 14.5 Å². The molecular formula is C27H25ClN4O4S. The minimum absolute atomic E-state index is 0.0833. The lowest BCUT2D eigenvalue weighted by Crippen LogP contribution is -2.31. The highest BCUT2D eigenvalue weighted by Gasteiger charge is 2.39. The molecule has 1 N–H and O–H groups in total. The maximum atomic E-state index is 13.4. The fourth-order valence-electron chi connectivity index (χ4n) is 3.62. The van der Waals surface area contributed by atoms with Crippen LogP contribution in [0.4, 0.5) is 5.69 Å². The summed E-state index contributed by atoms with van der Waals surface area (Å²) in [6, 6.07) is 15.3. The van der Waals surface area contributed by atoms with Gasteiger partial charge in [-0.1, -0.05) is 30.7 Å². The van der Waals surface area contributed by atoms with Gasteiger partial charge in [-0.05, 0) is 80.1 Å². The summed E-state index contributed by atoms with van der Waals surface area (Å²) in [6.07, 6.45) is 0.729. The van der Waals surface area contributed by atoms with E-state index < -0.39 is 17.8 Å². The Hall–Kier alpha value is -3.69. The minimum atomic E-state index is -0.474. The number of rotatable bonds is 9. The van der Waals surface area contributed by atoms with E-state index in [0.29, 0.717) is 28.0 Å². The van der Waals surface area contributed by atoms with Crippen molar-refractivity contribution in [1.82, 2.24) is 14.9 Å². The summed E-state index contributed by atoms with van der Waals surface area (Å²) in [4.78, 5) is 49.2. The van der Waals surface area contributed by atoms with Crippen LogP contribution in [0.25, 0.3) is 0 Å². The Morgan fingerprint density at radius 1 is 1.00 bits per heavy atom. The summed E-state index contributed by atoms with van der Waals surface area (Å²) in [6.45, 7) is 6.03. The zero-order valence-corrected chi connectivity index (χ0v) is 22.2. The topological polar surface area (TPSA) is 101 Å². The van der Waals surface area contributed by atoms with Crippen LogP contribution in [0.5, 0.6) is 0 Å². The third-order valence-electron chi connectivity index (χ3n) is 5.36. The molecule has 2 heterocycles. The van der Waals surface area contributed by atoms with Crippen molar-refractivity contribution in [1.29, 1.82) is 0 Å². The Morgan fingerprint density at radius 2 is 1.65 bits per heavy atom. The molecule has 8 nitrogen and oxygen atoms in total. The number of benzene rings is 2. The predicted molar refractivity (Wildman–Crippen MR) is 142 cm³/mol. The molecule has 3 aromatic rings. The normalized spacial score (nSPS) is 13.4. The summed E-state index contributed by atoms with van der Waals surface area (Å²) in [5.74, 6) is -1.34. The molecule has 0 unspecified atom stereocenters. The Bertz CT molecular complexity index is 1350. The molecule has 1 aromatic heterocycles. The van der Waals surface area contributed by atoms with Crippen molar-refractivity contribution >= 4 is 46.8 Å². The number of nitrogens with one attached hydrogen (secondary N) is 1. The third kappa shape index (κ3) is 6.36. The molecular weight excluding hydrogens is 512 g/mol. The van der Waals surface area contributed by atoms with Crippen molar-refractivity contribution < 1.29 is 19.1 Å². The first-order chi connectivity index (χ1) is 17.7. The number of carbonyl (C=O) groups excluding carboxylic acids is 3. The van der Waals surface area contributed by atoms with E-state index in [1.165, 1.54) is 4.90 Å². The number of carbonyl (C=O) groups is 3. The maximum absolute atomic E-state index is 13.4. The summed E-state index contributed by atoms with van der Waals surface area (Å²) in [5, 5.41) is 4.01. The Balaban J connectivity index is 1.63. The van der Waals surface area contributed by atoms with Crippen molar-refractivity contribution in [2.75, 3.05) is 11.9 Å². The summed E-state index contributed by atoms with van der Waals surface area (Å²) in [5.41, 5.74) is 3.32. The quantitative estimate of drug-likeness (QED) is 0.223. The highest BCUT2D eigenvalue weighted by Crippen LogP contribution is 2.35. The number of amides is 2. The highest BCUT2D eigenvalue weighted by molar-refractivity contribution is 8.04. The number of aromatic nitrogens is 2. The molecule has 0 atom stereocenters. The van der Waals surface area contributed by atoms with Gasteiger partial charge in [-0.15, -0.1) is 0 Å². The van der Waals surface area contributed by atoms with Gasteiger partial charge in [-0.25, -0.2) is 14.8 Å². The van der Waals surface area contributed by atoms with Crippen molar-refractivity contribution in [3.8, 4) is 0 Å². The van der Waals surface area contributed by atoms with E-state index in [9.17, 15) is 14.4 Å². The van der Waals surface area contributed by atoms with Gasteiger partial charge in [0.1, 0.15) is 10.6 Å². The fourth-order valence-corrected chi connectivity index (χ4v) is 4.74. The molecule has 0 saturated heterocycles. The van der Waals surface area contributed by atoms with Crippen molar-refractivity contribution in [3.05, 3.63) is 92.7 Å². The van der Waals surface area contributed by atoms with Crippen molar-refractivity contribution in [3.63, 3.8) is 0 Å². The predicted octanol–water partition coefficient (Wildman–Crippen LogP) is 5.30. The van der Waals surface area contributed by atoms with E-state index in [0.717, 1.165) is 35.1 Å². The lowest BCUT2D eigenvalue weighted by Gasteiger charge is -2.15. The molecule has 0 radical (unpaired) electrons. The summed E-state index contributed by atoms with van der Waals surface area (Å²) < 4.78 is 5.16. The number of aryl methyl sites for hydroxylation is 2. The molecule has 4 rings (SSSR count). The van der Waals surface area contributed by atoms with Crippen LogP contribution in [-0.2, 0) is 20.9 Å². The fraction of sp³-hybridized carbons (Fsp3) is 0.222. The van der Waals surface area contributed by atoms with Gasteiger partial charge in [-0.2, -0.15) is 0 Å². The highest BCUT2D eigenvalue weighted by atomic mass is 35.5. The van der Waals surface area contributed by atoms with Crippen LogP contribution >= 0.6 is 23.4 Å². The van der Waals surface area contributed by atoms with Crippen LogP contribution in [0.15, 0.2) is 70.4 Å². The second-order valence-corrected chi connectivity index (χ2v) is 9.81. The monoisotopic (exact) mass is 536 g/mol. The molecule has 0 spiro atoms. The zero-order valence-electron chi connectivity index (χ0n) is 20.6. The number of halogens is 1. The number of ether oxygens (including phenoxy) is 1. The van der Waals surface area contributed by atoms with Gasteiger partial charge in [0.2, 0.25) is 0 Å². The lowest BCUT2D eigenvalue weighted by molar-refractivity contribution is -0.137. The van der Waals surface area contributed by atoms with E-state index in [4.69, 9.17) is 16.3 Å². The SMILES string of the molecule is CCCOC(=O)c1ccc(NC2=C(Sc3nc(C)cc(C)n3)C(=O)N(Cc3ccc(Cl)cc3)C2=O)cc1. The molecule has 190 valence electrons. The Labute approximate surface area is 224 Å². The molecule has 0 fully saturated rings. The van der Waals surface area contributed by atoms with Crippen LogP contribution in [-0.4, -0.2) is 39.3 Å². The third-order valence-corrected chi connectivity index (χ3v) is 6.56. The van der Waals surface area contributed by atoms with Gasteiger partial charge >= 0.3 is 5.97 Å². The largest absolute Gasteiger partial charge is 0.462 e. The number of thioether (sulfide) groups is 1. The second-order valence-electron chi connectivity index (χ2n) is 8.40. The lowest BCUT2D eigenvalue weighted by atomic mass is 10.2. The van der Waals surface area contributed by atoms with Crippen molar-refractivity contribution in [2.45, 2.75) is 38.9 Å². The smallest absolute Gasteiger partial charge is 0.338 e. The van der Waals surface area contributed by atoms with E-state index in [-0.39, 0.29) is 17.1 Å². The van der Waals surface area contributed by atoms with Gasteiger partial charge in [0.25, 0.3) is 11.8 Å². The summed E-state index contributed by atoms with van der Waals surface area (Å²) in [7, 11) is 0. The van der Waals surface area contributed by atoms with Gasteiger partial charge < -0.3 is 10.1 Å². The molecule has 2 aromatic carbocycles. The van der Waals surface area contributed by atoms with E-state index in [1.807, 2.05) is 26.8 Å². The zero-order chi connectivity index (χ0) is 26.5. The molecule has 37 heavy (non-hydrogen) atoms. The maximum Gasteiger partial charge on any atom is 0.338 e. The molecule has 0 bridgehead atoms. The number of hydrogen-bond donors (Lipinski definition) is 1. The second kappa shape index (κ2) is 11.6. The first-order valence-electron chi connectivity index (χ1n) is 11.6. The van der Waals surface area contributed by atoms with Crippen LogP contribution in [0.1, 0.15) is 40.7 Å². The Morgan fingerprint density at radius 3 is 2.27 bits per heavy atom. The molecule has 0 aliphatic carbocycles. The van der Waals surface area contributed by atoms with Gasteiger partial charge in [0.15, 0.2) is 5.16 Å². The number of hydrogen-bond acceptors (Lipinski definition) is 8. The van der Waals surface area contributed by atoms with Crippen LogP contribution in [0.3, 0.4) is 0 Å². The van der Waals surface area contributed by atoms with Gasteiger partial charge in [0.05, 0.1) is 18.7 Å². The average molecular weight is 537 g/mol. The molecule has 1 aliphatic heterocycles. The standard InChI is InChI=1S/C27H25ClN4O4S/c1-4-13-36-26(35)19-7-11-21(12-8-19)31-22-23(37-27-29-16(2)14-17(3)30-27)25(34)32(24(22)33)15-18-5-9-20(28)10-6-18/h5-12,14,31H,4,13,15H2,1-3H3. The van der Waals surface area contributed by atoms with E-state index in [1.54, 1.807) is 48.5 Å². The molecule has 1 aliphatic rings. The molecule has 2 amide bonds. The van der Waals surface area contributed by atoms with Gasteiger partial charge in [0, 0.05) is 22.1 Å². The first kappa shape index (κ1) is 26.4. The van der Waals surface area contributed by atoms with E-state index >= 15 is 0 Å². The number of imide groups is 1. The number of esters is 1.